The van der Waals surface area contributed by atoms with Crippen molar-refractivity contribution in [2.75, 3.05) is 5.75 Å². The third-order valence-electron chi connectivity index (χ3n) is 3.63. The van der Waals surface area contributed by atoms with Crippen LogP contribution in [0.1, 0.15) is 37.1 Å². The fourth-order valence-electron chi connectivity index (χ4n) is 2.74. The Kier molecular flexibility index (Phi) is 3.67. The predicted octanol–water partition coefficient (Wildman–Crippen LogP) is 3.47. The van der Waals surface area contributed by atoms with Gasteiger partial charge in [-0.25, -0.2) is 4.98 Å². The summed E-state index contributed by atoms with van der Waals surface area (Å²) in [5.74, 6) is 0.947. The Labute approximate surface area is 121 Å². The standard InChI is InChI=1S/C14H18N2OS2/c1-3-16-13(17)11-9-7-5-6-8-10(9)19-12(11)15-14(16)18-4-2/h3-8H2,1-2H3. The molecule has 1 aliphatic rings. The number of hydrogen-bond acceptors (Lipinski definition) is 4. The summed E-state index contributed by atoms with van der Waals surface area (Å²) >= 11 is 3.40. The summed E-state index contributed by atoms with van der Waals surface area (Å²) in [6.45, 7) is 4.82. The third kappa shape index (κ3) is 2.13. The van der Waals surface area contributed by atoms with Gasteiger partial charge in [-0.2, -0.15) is 0 Å². The molecule has 0 radical (unpaired) electrons. The van der Waals surface area contributed by atoms with Gasteiger partial charge in [0.05, 0.1) is 5.39 Å². The molecule has 0 saturated heterocycles. The van der Waals surface area contributed by atoms with Crippen LogP contribution in [-0.4, -0.2) is 15.3 Å². The number of thiophene rings is 1. The molecule has 0 aliphatic heterocycles. The highest BCUT2D eigenvalue weighted by Crippen LogP contribution is 2.34. The Hall–Kier alpha value is -0.810. The number of fused-ring (bicyclic) bond motifs is 3. The van der Waals surface area contributed by atoms with Gasteiger partial charge in [0.1, 0.15) is 4.83 Å². The van der Waals surface area contributed by atoms with Crippen LogP contribution in [0.2, 0.25) is 0 Å². The topological polar surface area (TPSA) is 34.9 Å². The Bertz CT molecular complexity index is 672. The first-order chi connectivity index (χ1) is 9.26. The molecular formula is C14H18N2OS2. The first kappa shape index (κ1) is 13.2. The molecule has 0 saturated carbocycles. The zero-order valence-corrected chi connectivity index (χ0v) is 13.0. The molecule has 2 aromatic heterocycles. The molecule has 102 valence electrons. The minimum absolute atomic E-state index is 0.169. The maximum Gasteiger partial charge on any atom is 0.263 e. The lowest BCUT2D eigenvalue weighted by atomic mass is 9.97. The fourth-order valence-corrected chi connectivity index (χ4v) is 4.83. The number of nitrogens with zero attached hydrogens (tertiary/aromatic N) is 2. The lowest BCUT2D eigenvalue weighted by Crippen LogP contribution is -2.22. The molecule has 0 N–H and O–H groups in total. The van der Waals surface area contributed by atoms with Crippen molar-refractivity contribution in [2.24, 2.45) is 0 Å². The van der Waals surface area contributed by atoms with Gasteiger partial charge in [0.15, 0.2) is 5.16 Å². The third-order valence-corrected chi connectivity index (χ3v) is 5.67. The predicted molar refractivity (Wildman–Crippen MR) is 82.6 cm³/mol. The SMILES string of the molecule is CCSc1nc2sc3c(c2c(=O)n1CC)CCCC3. The van der Waals surface area contributed by atoms with Gasteiger partial charge in [-0.15, -0.1) is 11.3 Å². The molecule has 2 heterocycles. The number of aromatic nitrogens is 2. The maximum atomic E-state index is 12.7. The molecule has 0 unspecified atom stereocenters. The largest absolute Gasteiger partial charge is 0.287 e. The molecule has 0 fully saturated rings. The molecule has 2 aromatic rings. The quantitative estimate of drug-likeness (QED) is 0.642. The van der Waals surface area contributed by atoms with Gasteiger partial charge in [0, 0.05) is 11.4 Å². The van der Waals surface area contributed by atoms with Crippen LogP contribution < -0.4 is 5.56 Å². The molecular weight excluding hydrogens is 276 g/mol. The molecule has 0 aromatic carbocycles. The maximum absolute atomic E-state index is 12.7. The van der Waals surface area contributed by atoms with E-state index < -0.39 is 0 Å². The van der Waals surface area contributed by atoms with Crippen LogP contribution in [0, 0.1) is 0 Å². The average Bonchev–Trinajstić information content (AvgIpc) is 2.77. The van der Waals surface area contributed by atoms with Crippen LogP contribution in [0.25, 0.3) is 10.2 Å². The normalized spacial score (nSPS) is 14.8. The Morgan fingerprint density at radius 2 is 2.11 bits per heavy atom. The summed E-state index contributed by atoms with van der Waals surface area (Å²) in [7, 11) is 0. The van der Waals surface area contributed by atoms with Crippen LogP contribution in [0.4, 0.5) is 0 Å². The van der Waals surface area contributed by atoms with Crippen molar-refractivity contribution in [3.05, 3.63) is 20.8 Å². The summed E-state index contributed by atoms with van der Waals surface area (Å²) in [6, 6.07) is 0. The van der Waals surface area contributed by atoms with Gasteiger partial charge in [-0.1, -0.05) is 18.7 Å². The number of thioether (sulfide) groups is 1. The van der Waals surface area contributed by atoms with E-state index in [4.69, 9.17) is 4.98 Å². The Morgan fingerprint density at radius 1 is 1.32 bits per heavy atom. The summed E-state index contributed by atoms with van der Waals surface area (Å²) in [5.41, 5.74) is 1.46. The first-order valence-electron chi connectivity index (χ1n) is 6.94. The van der Waals surface area contributed by atoms with Crippen molar-refractivity contribution < 1.29 is 0 Å². The van der Waals surface area contributed by atoms with Gasteiger partial charge in [-0.3, -0.25) is 9.36 Å². The van der Waals surface area contributed by atoms with Crippen LogP contribution in [0.15, 0.2) is 9.95 Å². The minimum Gasteiger partial charge on any atom is -0.287 e. The number of hydrogen-bond donors (Lipinski definition) is 0. The van der Waals surface area contributed by atoms with E-state index in [9.17, 15) is 4.79 Å². The lowest BCUT2D eigenvalue weighted by Gasteiger charge is -2.11. The fraction of sp³-hybridized carbons (Fsp3) is 0.571. The molecule has 3 nitrogen and oxygen atoms in total. The molecule has 0 bridgehead atoms. The lowest BCUT2D eigenvalue weighted by molar-refractivity contribution is 0.634. The number of rotatable bonds is 3. The van der Waals surface area contributed by atoms with E-state index in [1.165, 1.54) is 23.3 Å². The van der Waals surface area contributed by atoms with Gasteiger partial charge in [0.25, 0.3) is 5.56 Å². The Morgan fingerprint density at radius 3 is 2.84 bits per heavy atom. The van der Waals surface area contributed by atoms with Crippen molar-refractivity contribution in [1.82, 2.24) is 9.55 Å². The van der Waals surface area contributed by atoms with Crippen LogP contribution in [-0.2, 0) is 19.4 Å². The molecule has 19 heavy (non-hydrogen) atoms. The second-order valence-electron chi connectivity index (χ2n) is 4.77. The zero-order chi connectivity index (χ0) is 13.4. The average molecular weight is 294 g/mol. The molecule has 1 aliphatic carbocycles. The summed E-state index contributed by atoms with van der Waals surface area (Å²) in [5, 5.41) is 1.78. The van der Waals surface area contributed by atoms with Crippen LogP contribution >= 0.6 is 23.1 Å². The van der Waals surface area contributed by atoms with E-state index in [1.807, 2.05) is 11.5 Å². The highest BCUT2D eigenvalue weighted by Gasteiger charge is 2.21. The second-order valence-corrected chi connectivity index (χ2v) is 7.08. The van der Waals surface area contributed by atoms with Crippen LogP contribution in [0.5, 0.6) is 0 Å². The molecule has 0 atom stereocenters. The van der Waals surface area contributed by atoms with Gasteiger partial charge >= 0.3 is 0 Å². The van der Waals surface area contributed by atoms with Crippen molar-refractivity contribution in [3.63, 3.8) is 0 Å². The smallest absolute Gasteiger partial charge is 0.263 e. The van der Waals surface area contributed by atoms with Gasteiger partial charge < -0.3 is 0 Å². The van der Waals surface area contributed by atoms with Crippen molar-refractivity contribution in [3.8, 4) is 0 Å². The summed E-state index contributed by atoms with van der Waals surface area (Å²) in [6.07, 6.45) is 4.63. The first-order valence-corrected chi connectivity index (χ1v) is 8.74. The van der Waals surface area contributed by atoms with E-state index in [2.05, 4.69) is 6.92 Å². The van der Waals surface area contributed by atoms with Crippen molar-refractivity contribution in [2.45, 2.75) is 51.2 Å². The van der Waals surface area contributed by atoms with Crippen molar-refractivity contribution >= 4 is 33.3 Å². The Balaban J connectivity index is 2.30. The van der Waals surface area contributed by atoms with E-state index in [-0.39, 0.29) is 5.56 Å². The van der Waals surface area contributed by atoms with Crippen LogP contribution in [0.3, 0.4) is 0 Å². The molecule has 3 rings (SSSR count). The number of aryl methyl sites for hydroxylation is 2. The van der Waals surface area contributed by atoms with E-state index in [0.29, 0.717) is 6.54 Å². The minimum atomic E-state index is 0.169. The van der Waals surface area contributed by atoms with Gasteiger partial charge in [-0.05, 0) is 43.9 Å². The second kappa shape index (κ2) is 5.29. The monoisotopic (exact) mass is 294 g/mol. The van der Waals surface area contributed by atoms with E-state index >= 15 is 0 Å². The van der Waals surface area contributed by atoms with E-state index in [1.54, 1.807) is 23.1 Å². The van der Waals surface area contributed by atoms with Gasteiger partial charge in [0.2, 0.25) is 0 Å². The summed E-state index contributed by atoms with van der Waals surface area (Å²) in [4.78, 5) is 19.8. The molecule has 5 heteroatoms. The van der Waals surface area contributed by atoms with Crippen molar-refractivity contribution in [1.29, 1.82) is 0 Å². The zero-order valence-electron chi connectivity index (χ0n) is 11.4. The van der Waals surface area contributed by atoms with E-state index in [0.717, 1.165) is 34.0 Å². The highest BCUT2D eigenvalue weighted by molar-refractivity contribution is 7.99. The molecule has 0 amide bonds. The molecule has 0 spiro atoms. The summed E-state index contributed by atoms with van der Waals surface area (Å²) < 4.78 is 1.83. The highest BCUT2D eigenvalue weighted by atomic mass is 32.2.